The van der Waals surface area contributed by atoms with Gasteiger partial charge in [-0.25, -0.2) is 10.2 Å². The van der Waals surface area contributed by atoms with Crippen molar-refractivity contribution < 1.29 is 14.7 Å². The SMILES string of the molecule is C/C(CCCC(C)(C)C(=O)O)=N/NC(N)=O. The van der Waals surface area contributed by atoms with Gasteiger partial charge in [-0.2, -0.15) is 5.10 Å². The van der Waals surface area contributed by atoms with E-state index >= 15 is 0 Å². The van der Waals surface area contributed by atoms with Crippen LogP contribution < -0.4 is 11.2 Å². The molecule has 0 aliphatic heterocycles. The quantitative estimate of drug-likeness (QED) is 0.472. The second kappa shape index (κ2) is 6.09. The van der Waals surface area contributed by atoms with Gasteiger partial charge in [-0.1, -0.05) is 0 Å². The summed E-state index contributed by atoms with van der Waals surface area (Å²) < 4.78 is 0. The minimum Gasteiger partial charge on any atom is -0.481 e. The van der Waals surface area contributed by atoms with Gasteiger partial charge in [-0.15, -0.1) is 0 Å². The molecule has 0 aromatic carbocycles. The van der Waals surface area contributed by atoms with E-state index in [-0.39, 0.29) is 0 Å². The van der Waals surface area contributed by atoms with Gasteiger partial charge in [0.1, 0.15) is 0 Å². The molecule has 92 valence electrons. The first-order chi connectivity index (χ1) is 7.25. The molecule has 6 heteroatoms. The zero-order valence-electron chi connectivity index (χ0n) is 9.91. The van der Waals surface area contributed by atoms with Gasteiger partial charge in [0, 0.05) is 5.71 Å². The van der Waals surface area contributed by atoms with Gasteiger partial charge in [0.05, 0.1) is 5.41 Å². The van der Waals surface area contributed by atoms with Crippen molar-refractivity contribution in [3.63, 3.8) is 0 Å². The van der Waals surface area contributed by atoms with Gasteiger partial charge in [0.25, 0.3) is 0 Å². The largest absolute Gasteiger partial charge is 0.481 e. The summed E-state index contributed by atoms with van der Waals surface area (Å²) in [4.78, 5) is 21.2. The van der Waals surface area contributed by atoms with Crippen LogP contribution in [0.3, 0.4) is 0 Å². The molecule has 0 heterocycles. The van der Waals surface area contributed by atoms with Crippen LogP contribution in [0.15, 0.2) is 5.10 Å². The smallest absolute Gasteiger partial charge is 0.332 e. The molecule has 16 heavy (non-hydrogen) atoms. The van der Waals surface area contributed by atoms with Crippen LogP contribution in [0.1, 0.15) is 40.0 Å². The van der Waals surface area contributed by atoms with E-state index in [1.807, 2.05) is 0 Å². The first-order valence-corrected chi connectivity index (χ1v) is 5.07. The van der Waals surface area contributed by atoms with Gasteiger partial charge in [0.2, 0.25) is 0 Å². The maximum absolute atomic E-state index is 10.8. The first kappa shape index (κ1) is 14.4. The number of hydrogen-bond donors (Lipinski definition) is 3. The van der Waals surface area contributed by atoms with E-state index in [9.17, 15) is 9.59 Å². The van der Waals surface area contributed by atoms with E-state index in [1.54, 1.807) is 20.8 Å². The molecule has 0 unspecified atom stereocenters. The van der Waals surface area contributed by atoms with E-state index in [0.29, 0.717) is 19.3 Å². The van der Waals surface area contributed by atoms with E-state index in [4.69, 9.17) is 10.8 Å². The number of carboxylic acid groups (broad SMARTS) is 1. The van der Waals surface area contributed by atoms with Crippen molar-refractivity contribution in [2.75, 3.05) is 0 Å². The highest BCUT2D eigenvalue weighted by Crippen LogP contribution is 2.23. The number of nitrogens with one attached hydrogen (secondary N) is 1. The Hall–Kier alpha value is -1.59. The van der Waals surface area contributed by atoms with E-state index < -0.39 is 17.4 Å². The molecule has 4 N–H and O–H groups in total. The minimum absolute atomic E-state index is 0.561. The Kier molecular flexibility index (Phi) is 5.49. The third-order valence-electron chi connectivity index (χ3n) is 2.28. The summed E-state index contributed by atoms with van der Waals surface area (Å²) in [6.07, 6.45) is 1.90. The number of aliphatic carboxylic acids is 1. The Morgan fingerprint density at radius 3 is 2.44 bits per heavy atom. The van der Waals surface area contributed by atoms with Crippen molar-refractivity contribution in [3.05, 3.63) is 0 Å². The molecule has 2 amide bonds. The lowest BCUT2D eigenvalue weighted by Gasteiger charge is -2.18. The van der Waals surface area contributed by atoms with Crippen LogP contribution in [0.2, 0.25) is 0 Å². The van der Waals surface area contributed by atoms with Crippen LogP contribution in [0.25, 0.3) is 0 Å². The second-order valence-corrected chi connectivity index (χ2v) is 4.37. The number of rotatable bonds is 6. The summed E-state index contributed by atoms with van der Waals surface area (Å²) in [5.41, 5.74) is 6.97. The lowest BCUT2D eigenvalue weighted by atomic mass is 9.87. The third-order valence-corrected chi connectivity index (χ3v) is 2.28. The Bertz CT molecular complexity index is 298. The van der Waals surface area contributed by atoms with Crippen molar-refractivity contribution in [1.29, 1.82) is 0 Å². The lowest BCUT2D eigenvalue weighted by molar-refractivity contribution is -0.147. The second-order valence-electron chi connectivity index (χ2n) is 4.37. The number of amides is 2. The molecule has 0 saturated carbocycles. The number of nitrogens with zero attached hydrogens (tertiary/aromatic N) is 1. The highest BCUT2D eigenvalue weighted by molar-refractivity contribution is 5.83. The van der Waals surface area contributed by atoms with Crippen molar-refractivity contribution in [2.45, 2.75) is 40.0 Å². The summed E-state index contributed by atoms with van der Waals surface area (Å²) in [5.74, 6) is -0.808. The summed E-state index contributed by atoms with van der Waals surface area (Å²) in [6.45, 7) is 5.12. The molecule has 0 aliphatic rings. The van der Waals surface area contributed by atoms with E-state index in [1.165, 1.54) is 0 Å². The Morgan fingerprint density at radius 2 is 2.00 bits per heavy atom. The third kappa shape index (κ3) is 6.00. The number of urea groups is 1. The molecule has 0 atom stereocenters. The fraction of sp³-hybridized carbons (Fsp3) is 0.700. The Balaban J connectivity index is 3.95. The number of primary amides is 1. The van der Waals surface area contributed by atoms with Crippen LogP contribution in [-0.2, 0) is 4.79 Å². The van der Waals surface area contributed by atoms with Crippen molar-refractivity contribution in [2.24, 2.45) is 16.3 Å². The maximum Gasteiger partial charge on any atom is 0.332 e. The number of nitrogens with two attached hydrogens (primary N) is 1. The van der Waals surface area contributed by atoms with Crippen molar-refractivity contribution >= 4 is 17.7 Å². The molecule has 0 bridgehead atoms. The number of hydrogen-bond acceptors (Lipinski definition) is 3. The summed E-state index contributed by atoms with van der Waals surface area (Å²) in [5, 5.41) is 12.6. The fourth-order valence-electron chi connectivity index (χ4n) is 1.10. The Morgan fingerprint density at radius 1 is 1.44 bits per heavy atom. The van der Waals surface area contributed by atoms with Crippen LogP contribution in [0, 0.1) is 5.41 Å². The van der Waals surface area contributed by atoms with Crippen LogP contribution >= 0.6 is 0 Å². The van der Waals surface area contributed by atoms with Gasteiger partial charge < -0.3 is 10.8 Å². The number of carbonyl (C=O) groups is 2. The zero-order valence-corrected chi connectivity index (χ0v) is 9.91. The maximum atomic E-state index is 10.8. The van der Waals surface area contributed by atoms with Gasteiger partial charge in [-0.3, -0.25) is 4.79 Å². The zero-order chi connectivity index (χ0) is 12.8. The van der Waals surface area contributed by atoms with Gasteiger partial charge in [0.15, 0.2) is 0 Å². The molecular weight excluding hydrogens is 210 g/mol. The average molecular weight is 229 g/mol. The van der Waals surface area contributed by atoms with Crippen LogP contribution in [0.4, 0.5) is 4.79 Å². The molecule has 0 aromatic heterocycles. The molecule has 0 aromatic rings. The van der Waals surface area contributed by atoms with Crippen LogP contribution in [-0.4, -0.2) is 22.8 Å². The number of carboxylic acids is 1. The Labute approximate surface area is 94.9 Å². The topological polar surface area (TPSA) is 105 Å². The highest BCUT2D eigenvalue weighted by atomic mass is 16.4. The summed E-state index contributed by atoms with van der Waals surface area (Å²) >= 11 is 0. The predicted octanol–water partition coefficient (Wildman–Crippen LogP) is 1.31. The molecule has 0 rings (SSSR count). The van der Waals surface area contributed by atoms with E-state index in [2.05, 4.69) is 10.5 Å². The van der Waals surface area contributed by atoms with Gasteiger partial charge in [-0.05, 0) is 40.0 Å². The standard InChI is InChI=1S/C10H19N3O3/c1-7(12-13-9(11)16)5-4-6-10(2,3)8(14)15/h4-6H2,1-3H3,(H,14,15)(H3,11,13,16)/b12-7-. The van der Waals surface area contributed by atoms with Crippen molar-refractivity contribution in [3.8, 4) is 0 Å². The molecular formula is C10H19N3O3. The molecule has 0 fully saturated rings. The molecule has 0 radical (unpaired) electrons. The van der Waals surface area contributed by atoms with Crippen LogP contribution in [0.5, 0.6) is 0 Å². The molecule has 0 spiro atoms. The normalized spacial score (nSPS) is 12.3. The average Bonchev–Trinajstić information content (AvgIpc) is 2.14. The summed E-state index contributed by atoms with van der Waals surface area (Å²) in [7, 11) is 0. The minimum atomic E-state index is -0.808. The van der Waals surface area contributed by atoms with Gasteiger partial charge >= 0.3 is 12.0 Å². The number of hydrazone groups is 1. The summed E-state index contributed by atoms with van der Waals surface area (Å²) in [6, 6.07) is -0.704. The number of carbonyl (C=O) groups excluding carboxylic acids is 1. The highest BCUT2D eigenvalue weighted by Gasteiger charge is 2.26. The molecule has 0 saturated heterocycles. The first-order valence-electron chi connectivity index (χ1n) is 5.07. The molecule has 0 aliphatic carbocycles. The fourth-order valence-corrected chi connectivity index (χ4v) is 1.10. The molecule has 6 nitrogen and oxygen atoms in total. The predicted molar refractivity (Wildman–Crippen MR) is 61.1 cm³/mol. The van der Waals surface area contributed by atoms with E-state index in [0.717, 1.165) is 5.71 Å². The van der Waals surface area contributed by atoms with Crippen molar-refractivity contribution in [1.82, 2.24) is 5.43 Å². The lowest BCUT2D eigenvalue weighted by Crippen LogP contribution is -2.26. The monoisotopic (exact) mass is 229 g/mol.